The first-order valence-electron chi connectivity index (χ1n) is 3.82. The first-order valence-corrected chi connectivity index (χ1v) is 4.19. The van der Waals surface area contributed by atoms with E-state index in [2.05, 4.69) is 10.2 Å². The molecule has 0 atom stereocenters. The summed E-state index contributed by atoms with van der Waals surface area (Å²) in [6.07, 6.45) is 0. The maximum Gasteiger partial charge on any atom is 0.247 e. The van der Waals surface area contributed by atoms with Crippen LogP contribution in [0.25, 0.3) is 11.5 Å². The fourth-order valence-corrected chi connectivity index (χ4v) is 1.23. The van der Waals surface area contributed by atoms with Crippen LogP contribution in [0.4, 0.5) is 0 Å². The molecule has 0 radical (unpaired) electrons. The molecule has 2 rings (SSSR count). The second kappa shape index (κ2) is 3.18. The Kier molecular flexibility index (Phi) is 2.02. The zero-order valence-corrected chi connectivity index (χ0v) is 7.75. The van der Waals surface area contributed by atoms with E-state index in [1.54, 1.807) is 19.1 Å². The van der Waals surface area contributed by atoms with Gasteiger partial charge in [0.2, 0.25) is 11.8 Å². The molecular weight excluding hydrogens is 188 g/mol. The zero-order chi connectivity index (χ0) is 9.26. The van der Waals surface area contributed by atoms with Crippen molar-refractivity contribution in [2.45, 2.75) is 6.92 Å². The predicted molar refractivity (Wildman–Crippen MR) is 49.5 cm³/mol. The molecule has 13 heavy (non-hydrogen) atoms. The van der Waals surface area contributed by atoms with Crippen LogP contribution < -0.4 is 0 Å². The van der Waals surface area contributed by atoms with Crippen LogP contribution in [-0.4, -0.2) is 10.2 Å². The minimum atomic E-state index is 0.500. The van der Waals surface area contributed by atoms with Crippen molar-refractivity contribution in [2.75, 3.05) is 0 Å². The number of aromatic nitrogens is 2. The van der Waals surface area contributed by atoms with Gasteiger partial charge in [-0.25, -0.2) is 0 Å². The van der Waals surface area contributed by atoms with Crippen molar-refractivity contribution in [3.63, 3.8) is 0 Å². The van der Waals surface area contributed by atoms with E-state index in [-0.39, 0.29) is 0 Å². The first kappa shape index (κ1) is 8.26. The Morgan fingerprint density at radius 3 is 2.77 bits per heavy atom. The minimum Gasteiger partial charge on any atom is -0.421 e. The molecule has 2 aromatic rings. The third-order valence-electron chi connectivity index (χ3n) is 1.60. The maximum absolute atomic E-state index is 5.81. The number of rotatable bonds is 1. The van der Waals surface area contributed by atoms with Gasteiger partial charge in [-0.2, -0.15) is 0 Å². The highest BCUT2D eigenvalue weighted by atomic mass is 35.5. The molecular formula is C9H7ClN2O. The van der Waals surface area contributed by atoms with Crippen LogP contribution in [0.3, 0.4) is 0 Å². The fourth-order valence-electron chi connectivity index (χ4n) is 1.03. The van der Waals surface area contributed by atoms with Gasteiger partial charge >= 0.3 is 0 Å². The summed E-state index contributed by atoms with van der Waals surface area (Å²) in [7, 11) is 0. The van der Waals surface area contributed by atoms with E-state index in [0.29, 0.717) is 16.8 Å². The zero-order valence-electron chi connectivity index (χ0n) is 6.99. The highest BCUT2D eigenvalue weighted by Gasteiger charge is 2.04. The molecule has 0 saturated carbocycles. The van der Waals surface area contributed by atoms with Gasteiger partial charge < -0.3 is 4.42 Å². The number of nitrogens with zero attached hydrogens (tertiary/aromatic N) is 2. The molecule has 0 aliphatic heterocycles. The summed E-state index contributed by atoms with van der Waals surface area (Å²) < 4.78 is 5.24. The van der Waals surface area contributed by atoms with Crippen molar-refractivity contribution in [3.8, 4) is 11.5 Å². The van der Waals surface area contributed by atoms with E-state index in [0.717, 1.165) is 5.56 Å². The smallest absolute Gasteiger partial charge is 0.247 e. The summed E-state index contributed by atoms with van der Waals surface area (Å²) in [6.45, 7) is 1.75. The Morgan fingerprint density at radius 2 is 2.15 bits per heavy atom. The molecule has 3 nitrogen and oxygen atoms in total. The third kappa shape index (κ3) is 1.70. The second-order valence-electron chi connectivity index (χ2n) is 2.64. The summed E-state index contributed by atoms with van der Waals surface area (Å²) in [5.41, 5.74) is 0.841. The number of hydrogen-bond donors (Lipinski definition) is 0. The maximum atomic E-state index is 5.81. The quantitative estimate of drug-likeness (QED) is 0.701. The van der Waals surface area contributed by atoms with Crippen LogP contribution >= 0.6 is 11.6 Å². The molecule has 0 spiro atoms. The van der Waals surface area contributed by atoms with Crippen LogP contribution in [-0.2, 0) is 0 Å². The van der Waals surface area contributed by atoms with Crippen molar-refractivity contribution in [1.29, 1.82) is 0 Å². The summed E-state index contributed by atoms with van der Waals surface area (Å²) in [5.74, 6) is 1.05. The van der Waals surface area contributed by atoms with Crippen LogP contribution in [0.1, 0.15) is 5.89 Å². The van der Waals surface area contributed by atoms with E-state index >= 15 is 0 Å². The monoisotopic (exact) mass is 194 g/mol. The Hall–Kier alpha value is -1.35. The van der Waals surface area contributed by atoms with Crippen molar-refractivity contribution < 1.29 is 4.42 Å². The molecule has 0 saturated heterocycles. The number of hydrogen-bond acceptors (Lipinski definition) is 3. The van der Waals surface area contributed by atoms with E-state index in [9.17, 15) is 0 Å². The minimum absolute atomic E-state index is 0.500. The van der Waals surface area contributed by atoms with Crippen LogP contribution in [0, 0.1) is 6.92 Å². The van der Waals surface area contributed by atoms with Crippen molar-refractivity contribution in [3.05, 3.63) is 35.2 Å². The molecule has 0 aliphatic rings. The Bertz CT molecular complexity index is 425. The first-order chi connectivity index (χ1) is 6.25. The van der Waals surface area contributed by atoms with Gasteiger partial charge in [0.25, 0.3) is 0 Å². The molecule has 1 aromatic heterocycles. The second-order valence-corrected chi connectivity index (χ2v) is 3.07. The number of halogens is 1. The number of benzene rings is 1. The van der Waals surface area contributed by atoms with Crippen molar-refractivity contribution in [2.24, 2.45) is 0 Å². The summed E-state index contributed by atoms with van der Waals surface area (Å²) in [6, 6.07) is 7.30. The van der Waals surface area contributed by atoms with Crippen molar-refractivity contribution >= 4 is 11.6 Å². The van der Waals surface area contributed by atoms with Crippen LogP contribution in [0.5, 0.6) is 0 Å². The Balaban J connectivity index is 2.46. The molecule has 0 unspecified atom stereocenters. The highest BCUT2D eigenvalue weighted by Crippen LogP contribution is 2.20. The SMILES string of the molecule is Cc1nnc(-c2cccc(Cl)c2)o1. The molecule has 0 fully saturated rings. The van der Waals surface area contributed by atoms with Gasteiger partial charge in [0.1, 0.15) is 0 Å². The predicted octanol–water partition coefficient (Wildman–Crippen LogP) is 2.70. The lowest BCUT2D eigenvalue weighted by atomic mass is 10.2. The molecule has 4 heteroatoms. The molecule has 1 aromatic carbocycles. The van der Waals surface area contributed by atoms with Gasteiger partial charge in [-0.05, 0) is 18.2 Å². The molecule has 66 valence electrons. The molecule has 0 aliphatic carbocycles. The van der Waals surface area contributed by atoms with Crippen LogP contribution in [0.2, 0.25) is 5.02 Å². The van der Waals surface area contributed by atoms with Gasteiger partial charge in [-0.15, -0.1) is 10.2 Å². The van der Waals surface area contributed by atoms with Gasteiger partial charge in [0.15, 0.2) is 0 Å². The normalized spacial score (nSPS) is 10.3. The van der Waals surface area contributed by atoms with E-state index in [4.69, 9.17) is 16.0 Å². The van der Waals surface area contributed by atoms with Gasteiger partial charge in [-0.3, -0.25) is 0 Å². The molecule has 0 N–H and O–H groups in total. The molecule has 1 heterocycles. The fraction of sp³-hybridized carbons (Fsp3) is 0.111. The lowest BCUT2D eigenvalue weighted by Crippen LogP contribution is -1.76. The molecule has 0 amide bonds. The topological polar surface area (TPSA) is 38.9 Å². The van der Waals surface area contributed by atoms with E-state index in [1.807, 2.05) is 12.1 Å². The van der Waals surface area contributed by atoms with E-state index in [1.165, 1.54) is 0 Å². The van der Waals surface area contributed by atoms with Crippen molar-refractivity contribution in [1.82, 2.24) is 10.2 Å². The van der Waals surface area contributed by atoms with Gasteiger partial charge in [-0.1, -0.05) is 17.7 Å². The van der Waals surface area contributed by atoms with Gasteiger partial charge in [0.05, 0.1) is 0 Å². The lowest BCUT2D eigenvalue weighted by Gasteiger charge is -1.93. The standard InChI is InChI=1S/C9H7ClN2O/c1-6-11-12-9(13-6)7-3-2-4-8(10)5-7/h2-5H,1H3. The Labute approximate surface area is 80.4 Å². The molecule has 0 bridgehead atoms. The lowest BCUT2D eigenvalue weighted by molar-refractivity contribution is 0.533. The average Bonchev–Trinajstić information content (AvgIpc) is 2.52. The average molecular weight is 195 g/mol. The summed E-state index contributed by atoms with van der Waals surface area (Å²) in [4.78, 5) is 0. The van der Waals surface area contributed by atoms with Crippen LogP contribution in [0.15, 0.2) is 28.7 Å². The highest BCUT2D eigenvalue weighted by molar-refractivity contribution is 6.30. The largest absolute Gasteiger partial charge is 0.421 e. The summed E-state index contributed by atoms with van der Waals surface area (Å²) in [5, 5.41) is 8.28. The number of aryl methyl sites for hydroxylation is 1. The third-order valence-corrected chi connectivity index (χ3v) is 1.83. The van der Waals surface area contributed by atoms with E-state index < -0.39 is 0 Å². The summed E-state index contributed by atoms with van der Waals surface area (Å²) >= 11 is 5.81. The van der Waals surface area contributed by atoms with Gasteiger partial charge in [0, 0.05) is 17.5 Å². The Morgan fingerprint density at radius 1 is 1.31 bits per heavy atom.